The molecule has 1 unspecified atom stereocenters. The quantitative estimate of drug-likeness (QED) is 0.681. The third kappa shape index (κ3) is 3.04. The molecule has 2 aromatic heterocycles. The lowest BCUT2D eigenvalue weighted by atomic mass is 10.2. The molecule has 4 N–H and O–H groups in total. The molecule has 0 aromatic carbocycles. The minimum Gasteiger partial charge on any atom is -0.352 e. The molecule has 0 bridgehead atoms. The summed E-state index contributed by atoms with van der Waals surface area (Å²) in [6.45, 7) is 2.59. The molecule has 2 rings (SSSR count). The Balaban J connectivity index is 1.92. The molecule has 6 heteroatoms. The Morgan fingerprint density at radius 2 is 2.39 bits per heavy atom. The van der Waals surface area contributed by atoms with Crippen LogP contribution in [0, 0.1) is 0 Å². The van der Waals surface area contributed by atoms with Gasteiger partial charge < -0.3 is 11.1 Å². The van der Waals surface area contributed by atoms with Gasteiger partial charge in [0.05, 0.1) is 11.8 Å². The van der Waals surface area contributed by atoms with Crippen molar-refractivity contribution in [1.82, 2.24) is 20.5 Å². The van der Waals surface area contributed by atoms with Gasteiger partial charge >= 0.3 is 0 Å². The van der Waals surface area contributed by atoms with Crippen LogP contribution in [0.1, 0.15) is 30.1 Å². The van der Waals surface area contributed by atoms with Gasteiger partial charge in [0.25, 0.3) is 5.91 Å². The predicted molar refractivity (Wildman–Crippen MR) is 69.1 cm³/mol. The molecule has 0 saturated carbocycles. The number of carbonyl (C=O) groups excluding carboxylic acids is 1. The minimum atomic E-state index is -0.115. The smallest absolute Gasteiger partial charge is 0.252 e. The highest BCUT2D eigenvalue weighted by Crippen LogP contribution is 2.09. The Kier molecular flexibility index (Phi) is 3.88. The van der Waals surface area contributed by atoms with Crippen LogP contribution in [0.4, 0.5) is 0 Å². The van der Waals surface area contributed by atoms with Gasteiger partial charge in [-0.2, -0.15) is 5.10 Å². The van der Waals surface area contributed by atoms with E-state index in [-0.39, 0.29) is 11.9 Å². The van der Waals surface area contributed by atoms with Gasteiger partial charge in [-0.25, -0.2) is 4.98 Å². The van der Waals surface area contributed by atoms with E-state index in [0.29, 0.717) is 17.8 Å². The monoisotopic (exact) mass is 247 g/mol. The lowest BCUT2D eigenvalue weighted by Gasteiger charge is -2.06. The van der Waals surface area contributed by atoms with Crippen LogP contribution in [0.25, 0.3) is 11.0 Å². The maximum absolute atomic E-state index is 11.8. The first-order valence-electron chi connectivity index (χ1n) is 5.99. The summed E-state index contributed by atoms with van der Waals surface area (Å²) in [7, 11) is 0. The van der Waals surface area contributed by atoms with Gasteiger partial charge in [-0.15, -0.1) is 0 Å². The molecular formula is C12H17N5O. The number of nitrogens with one attached hydrogen (secondary N) is 2. The molecule has 18 heavy (non-hydrogen) atoms. The second-order valence-corrected chi connectivity index (χ2v) is 4.41. The van der Waals surface area contributed by atoms with Crippen molar-refractivity contribution in [2.75, 3.05) is 6.54 Å². The molecule has 2 heterocycles. The van der Waals surface area contributed by atoms with E-state index in [1.54, 1.807) is 18.5 Å². The normalized spacial score (nSPS) is 12.6. The Hall–Kier alpha value is -1.95. The Morgan fingerprint density at radius 1 is 1.56 bits per heavy atom. The van der Waals surface area contributed by atoms with E-state index >= 15 is 0 Å². The average molecular weight is 247 g/mol. The molecule has 0 aliphatic heterocycles. The highest BCUT2D eigenvalue weighted by atomic mass is 16.1. The number of amides is 1. The predicted octanol–water partition coefficient (Wildman–Crippen LogP) is 0.815. The summed E-state index contributed by atoms with van der Waals surface area (Å²) in [6.07, 6.45) is 4.97. The van der Waals surface area contributed by atoms with Crippen LogP contribution in [0.2, 0.25) is 0 Å². The number of nitrogens with zero attached hydrogens (tertiary/aromatic N) is 2. The summed E-state index contributed by atoms with van der Waals surface area (Å²) >= 11 is 0. The molecule has 0 aliphatic carbocycles. The second kappa shape index (κ2) is 5.59. The van der Waals surface area contributed by atoms with Crippen molar-refractivity contribution in [2.45, 2.75) is 25.8 Å². The highest BCUT2D eigenvalue weighted by Gasteiger charge is 2.07. The van der Waals surface area contributed by atoms with Crippen molar-refractivity contribution in [2.24, 2.45) is 5.73 Å². The third-order valence-electron chi connectivity index (χ3n) is 2.68. The molecule has 0 spiro atoms. The van der Waals surface area contributed by atoms with E-state index < -0.39 is 0 Å². The first kappa shape index (κ1) is 12.5. The van der Waals surface area contributed by atoms with E-state index in [4.69, 9.17) is 5.73 Å². The van der Waals surface area contributed by atoms with Crippen molar-refractivity contribution < 1.29 is 4.79 Å². The summed E-state index contributed by atoms with van der Waals surface area (Å²) in [6, 6.07) is 1.94. The number of carbonyl (C=O) groups is 1. The van der Waals surface area contributed by atoms with Crippen molar-refractivity contribution in [3.63, 3.8) is 0 Å². The van der Waals surface area contributed by atoms with Gasteiger partial charge in [-0.05, 0) is 25.8 Å². The van der Waals surface area contributed by atoms with Crippen molar-refractivity contribution in [1.29, 1.82) is 0 Å². The molecule has 0 saturated heterocycles. The first-order chi connectivity index (χ1) is 8.66. The van der Waals surface area contributed by atoms with Crippen molar-refractivity contribution in [3.8, 4) is 0 Å². The molecule has 1 atom stereocenters. The van der Waals surface area contributed by atoms with E-state index in [0.717, 1.165) is 18.2 Å². The molecular weight excluding hydrogens is 230 g/mol. The molecule has 0 fully saturated rings. The van der Waals surface area contributed by atoms with Gasteiger partial charge in [-0.3, -0.25) is 9.89 Å². The summed E-state index contributed by atoms with van der Waals surface area (Å²) in [5.41, 5.74) is 6.87. The zero-order valence-corrected chi connectivity index (χ0v) is 10.3. The SMILES string of the molecule is CC(N)CCCNC(=O)c1cnc2[nH]ncc2c1. The fraction of sp³-hybridized carbons (Fsp3) is 0.417. The molecule has 0 aliphatic rings. The number of nitrogens with two attached hydrogens (primary N) is 1. The average Bonchev–Trinajstić information content (AvgIpc) is 2.81. The minimum absolute atomic E-state index is 0.115. The third-order valence-corrected chi connectivity index (χ3v) is 2.68. The number of rotatable bonds is 5. The van der Waals surface area contributed by atoms with Crippen molar-refractivity contribution in [3.05, 3.63) is 24.0 Å². The van der Waals surface area contributed by atoms with Crippen LogP contribution in [-0.4, -0.2) is 33.7 Å². The number of fused-ring (bicyclic) bond motifs is 1. The fourth-order valence-electron chi connectivity index (χ4n) is 1.69. The number of aromatic amines is 1. The zero-order chi connectivity index (χ0) is 13.0. The lowest BCUT2D eigenvalue weighted by Crippen LogP contribution is -2.26. The second-order valence-electron chi connectivity index (χ2n) is 4.41. The zero-order valence-electron chi connectivity index (χ0n) is 10.3. The molecule has 6 nitrogen and oxygen atoms in total. The summed E-state index contributed by atoms with van der Waals surface area (Å²) in [5.74, 6) is -0.115. The van der Waals surface area contributed by atoms with Crippen LogP contribution >= 0.6 is 0 Å². The van der Waals surface area contributed by atoms with Crippen LogP contribution in [0.15, 0.2) is 18.5 Å². The first-order valence-corrected chi connectivity index (χ1v) is 5.99. The maximum Gasteiger partial charge on any atom is 0.252 e. The lowest BCUT2D eigenvalue weighted by molar-refractivity contribution is 0.0952. The topological polar surface area (TPSA) is 96.7 Å². The van der Waals surface area contributed by atoms with Gasteiger partial charge in [0, 0.05) is 24.2 Å². The van der Waals surface area contributed by atoms with Gasteiger partial charge in [0.15, 0.2) is 5.65 Å². The van der Waals surface area contributed by atoms with E-state index in [2.05, 4.69) is 20.5 Å². The largest absolute Gasteiger partial charge is 0.352 e. The molecule has 2 aromatic rings. The van der Waals surface area contributed by atoms with E-state index in [1.165, 1.54) is 0 Å². The number of pyridine rings is 1. The van der Waals surface area contributed by atoms with E-state index in [9.17, 15) is 4.79 Å². The van der Waals surface area contributed by atoms with Crippen LogP contribution < -0.4 is 11.1 Å². The summed E-state index contributed by atoms with van der Waals surface area (Å²) in [4.78, 5) is 16.0. The number of hydrogen-bond donors (Lipinski definition) is 3. The van der Waals surface area contributed by atoms with Gasteiger partial charge in [-0.1, -0.05) is 0 Å². The van der Waals surface area contributed by atoms with Gasteiger partial charge in [0.1, 0.15) is 0 Å². The van der Waals surface area contributed by atoms with Crippen molar-refractivity contribution >= 4 is 16.9 Å². The molecule has 1 amide bonds. The van der Waals surface area contributed by atoms with Crippen LogP contribution in [0.3, 0.4) is 0 Å². The Labute approximate surface area is 105 Å². The molecule has 96 valence electrons. The highest BCUT2D eigenvalue weighted by molar-refractivity contribution is 5.96. The summed E-state index contributed by atoms with van der Waals surface area (Å²) < 4.78 is 0. The fourth-order valence-corrected chi connectivity index (χ4v) is 1.69. The standard InChI is InChI=1S/C12H17N5O/c1-8(13)3-2-4-14-12(18)10-5-9-7-16-17-11(9)15-6-10/h5-8H,2-4,13H2,1H3,(H,14,18)(H,15,16,17). The van der Waals surface area contributed by atoms with Gasteiger partial charge in [0.2, 0.25) is 0 Å². The van der Waals surface area contributed by atoms with Crippen LogP contribution in [0.5, 0.6) is 0 Å². The maximum atomic E-state index is 11.8. The Bertz CT molecular complexity index is 534. The summed E-state index contributed by atoms with van der Waals surface area (Å²) in [5, 5.41) is 10.3. The van der Waals surface area contributed by atoms with Crippen LogP contribution in [-0.2, 0) is 0 Å². The van der Waals surface area contributed by atoms with E-state index in [1.807, 2.05) is 6.92 Å². The Morgan fingerprint density at radius 3 is 3.17 bits per heavy atom. The number of H-pyrrole nitrogens is 1. The number of hydrogen-bond acceptors (Lipinski definition) is 4. The molecule has 0 radical (unpaired) electrons. The number of aromatic nitrogens is 3.